The molecule has 5 rings (SSSR count). The molecule has 5 nitrogen and oxygen atoms in total. The Bertz CT molecular complexity index is 1420. The molecule has 2 aromatic heterocycles. The van der Waals surface area contributed by atoms with E-state index in [1.165, 1.54) is 33.4 Å². The van der Waals surface area contributed by atoms with Gasteiger partial charge in [0.15, 0.2) is 5.65 Å². The summed E-state index contributed by atoms with van der Waals surface area (Å²) in [6, 6.07) is 14.8. The Balaban J connectivity index is 1.41. The van der Waals surface area contributed by atoms with Crippen LogP contribution in [0.4, 0.5) is 0 Å². The van der Waals surface area contributed by atoms with Crippen molar-refractivity contribution in [3.8, 4) is 5.69 Å². The Morgan fingerprint density at radius 1 is 0.941 bits per heavy atom. The lowest BCUT2D eigenvalue weighted by Gasteiger charge is -2.29. The van der Waals surface area contributed by atoms with Gasteiger partial charge in [-0.2, -0.15) is 5.10 Å². The highest BCUT2D eigenvalue weighted by Crippen LogP contribution is 2.29. The fourth-order valence-corrected chi connectivity index (χ4v) is 5.21. The highest BCUT2D eigenvalue weighted by Gasteiger charge is 2.22. The van der Waals surface area contributed by atoms with Crippen molar-refractivity contribution in [3.05, 3.63) is 87.2 Å². The third-order valence-electron chi connectivity index (χ3n) is 7.38. The summed E-state index contributed by atoms with van der Waals surface area (Å²) in [5.74, 6) is 0.218. The van der Waals surface area contributed by atoms with Gasteiger partial charge in [0.1, 0.15) is 0 Å². The molecule has 0 aliphatic carbocycles. The molecule has 0 saturated heterocycles. The maximum absolute atomic E-state index is 13.1. The minimum absolute atomic E-state index is 0.218. The Morgan fingerprint density at radius 3 is 2.47 bits per heavy atom. The van der Waals surface area contributed by atoms with Crippen molar-refractivity contribution in [2.24, 2.45) is 0 Å². The number of hydrogen-bond acceptors (Lipinski definition) is 3. The van der Waals surface area contributed by atoms with Crippen molar-refractivity contribution in [1.82, 2.24) is 19.7 Å². The van der Waals surface area contributed by atoms with E-state index in [9.17, 15) is 4.79 Å². The summed E-state index contributed by atoms with van der Waals surface area (Å²) in [7, 11) is 0. The molecule has 0 bridgehead atoms. The van der Waals surface area contributed by atoms with Gasteiger partial charge in [0, 0.05) is 30.6 Å². The van der Waals surface area contributed by atoms with E-state index in [0.717, 1.165) is 41.1 Å². The van der Waals surface area contributed by atoms with Crippen LogP contribution in [0.1, 0.15) is 51.2 Å². The highest BCUT2D eigenvalue weighted by atomic mass is 16.2. The van der Waals surface area contributed by atoms with Crippen LogP contribution in [0.15, 0.2) is 42.5 Å². The fraction of sp³-hybridized carbons (Fsp3) is 0.345. The van der Waals surface area contributed by atoms with Gasteiger partial charge in [0.05, 0.1) is 11.4 Å². The first kappa shape index (κ1) is 22.3. The number of aryl methyl sites for hydroxylation is 5. The summed E-state index contributed by atoms with van der Waals surface area (Å²) in [4.78, 5) is 20.1. The number of pyridine rings is 1. The third kappa shape index (κ3) is 3.89. The molecule has 2 aromatic carbocycles. The molecule has 0 spiro atoms. The number of fused-ring (bicyclic) bond motifs is 2. The average molecular weight is 453 g/mol. The van der Waals surface area contributed by atoms with Gasteiger partial charge in [-0.3, -0.25) is 4.79 Å². The number of amides is 1. The number of rotatable bonds is 4. The fourth-order valence-electron chi connectivity index (χ4n) is 5.21. The smallest absolute Gasteiger partial charge is 0.223 e. The van der Waals surface area contributed by atoms with Crippen LogP contribution in [0.3, 0.4) is 0 Å². The van der Waals surface area contributed by atoms with E-state index in [2.05, 4.69) is 70.2 Å². The maximum atomic E-state index is 13.1. The Morgan fingerprint density at radius 2 is 1.71 bits per heavy atom. The van der Waals surface area contributed by atoms with Gasteiger partial charge in [0.2, 0.25) is 5.91 Å². The minimum atomic E-state index is 0.218. The second kappa shape index (κ2) is 8.71. The lowest BCUT2D eigenvalue weighted by atomic mass is 9.97. The Hall–Kier alpha value is -3.47. The molecule has 174 valence electrons. The predicted molar refractivity (Wildman–Crippen MR) is 136 cm³/mol. The van der Waals surface area contributed by atoms with E-state index in [0.29, 0.717) is 19.4 Å². The van der Waals surface area contributed by atoms with Crippen LogP contribution in [-0.2, 0) is 24.2 Å². The van der Waals surface area contributed by atoms with Gasteiger partial charge in [-0.1, -0.05) is 30.3 Å². The number of nitrogens with zero attached hydrogens (tertiary/aromatic N) is 4. The monoisotopic (exact) mass is 452 g/mol. The van der Waals surface area contributed by atoms with E-state index < -0.39 is 0 Å². The molecule has 1 aliphatic rings. The van der Waals surface area contributed by atoms with E-state index in [1.807, 2.05) is 16.5 Å². The Kier molecular flexibility index (Phi) is 5.72. The van der Waals surface area contributed by atoms with E-state index >= 15 is 0 Å². The summed E-state index contributed by atoms with van der Waals surface area (Å²) in [5, 5.41) is 5.94. The number of benzene rings is 2. The largest absolute Gasteiger partial charge is 0.338 e. The molecular weight excluding hydrogens is 420 g/mol. The molecule has 4 aromatic rings. The molecule has 0 saturated carbocycles. The SMILES string of the molecule is Cc1ccc(-n2nc(C)c3c(C)c(CCC(=O)N4CCc5ccccc5C4)c(C)nc32)cc1C. The van der Waals surface area contributed by atoms with Crippen molar-refractivity contribution in [2.45, 2.75) is 60.4 Å². The van der Waals surface area contributed by atoms with Crippen molar-refractivity contribution < 1.29 is 4.79 Å². The quantitative estimate of drug-likeness (QED) is 0.412. The summed E-state index contributed by atoms with van der Waals surface area (Å²) >= 11 is 0. The third-order valence-corrected chi connectivity index (χ3v) is 7.38. The highest BCUT2D eigenvalue weighted by molar-refractivity contribution is 5.85. The minimum Gasteiger partial charge on any atom is -0.338 e. The molecule has 0 radical (unpaired) electrons. The van der Waals surface area contributed by atoms with E-state index in [4.69, 9.17) is 10.1 Å². The molecule has 1 amide bonds. The average Bonchev–Trinajstić information content (AvgIpc) is 3.16. The van der Waals surface area contributed by atoms with Crippen molar-refractivity contribution in [1.29, 1.82) is 0 Å². The summed E-state index contributed by atoms with van der Waals surface area (Å²) in [6.45, 7) is 12.0. The van der Waals surface area contributed by atoms with Crippen LogP contribution in [-0.4, -0.2) is 32.1 Å². The van der Waals surface area contributed by atoms with Crippen LogP contribution in [0.5, 0.6) is 0 Å². The second-order valence-corrected chi connectivity index (χ2v) is 9.60. The number of carbonyl (C=O) groups is 1. The molecule has 0 N–H and O–H groups in total. The first-order valence-electron chi connectivity index (χ1n) is 12.1. The molecule has 34 heavy (non-hydrogen) atoms. The van der Waals surface area contributed by atoms with E-state index in [1.54, 1.807) is 0 Å². The molecule has 0 fully saturated rings. The number of aromatic nitrogens is 3. The molecular formula is C29H32N4O. The topological polar surface area (TPSA) is 51.0 Å². The number of carbonyl (C=O) groups excluding carboxylic acids is 1. The normalized spacial score (nSPS) is 13.4. The van der Waals surface area contributed by atoms with Crippen molar-refractivity contribution in [2.75, 3.05) is 6.54 Å². The zero-order chi connectivity index (χ0) is 24.0. The number of hydrogen-bond donors (Lipinski definition) is 0. The summed E-state index contributed by atoms with van der Waals surface area (Å²) in [6.07, 6.45) is 2.14. The van der Waals surface area contributed by atoms with Crippen LogP contribution in [0.2, 0.25) is 0 Å². The van der Waals surface area contributed by atoms with E-state index in [-0.39, 0.29) is 5.91 Å². The molecule has 5 heteroatoms. The van der Waals surface area contributed by atoms with Gasteiger partial charge in [0.25, 0.3) is 0 Å². The predicted octanol–water partition coefficient (Wildman–Crippen LogP) is 5.48. The van der Waals surface area contributed by atoms with Crippen molar-refractivity contribution in [3.63, 3.8) is 0 Å². The zero-order valence-electron chi connectivity index (χ0n) is 20.8. The van der Waals surface area contributed by atoms with Gasteiger partial charge in [-0.05, 0) is 93.0 Å². The van der Waals surface area contributed by atoms with Gasteiger partial charge in [-0.15, -0.1) is 0 Å². The standard InChI is InChI=1S/C29H32N4O/c1-18-10-11-25(16-19(18)2)33-29-28(22(5)31-33)20(3)26(21(4)30-29)12-13-27(34)32-15-14-23-8-6-7-9-24(23)17-32/h6-11,16H,12-15,17H2,1-5H3. The lowest BCUT2D eigenvalue weighted by molar-refractivity contribution is -0.132. The van der Waals surface area contributed by atoms with Gasteiger partial charge in [-0.25, -0.2) is 9.67 Å². The molecule has 0 unspecified atom stereocenters. The Labute approximate surface area is 201 Å². The van der Waals surface area contributed by atoms with Gasteiger partial charge >= 0.3 is 0 Å². The molecule has 3 heterocycles. The van der Waals surface area contributed by atoms with Crippen LogP contribution < -0.4 is 0 Å². The van der Waals surface area contributed by atoms with Crippen LogP contribution >= 0.6 is 0 Å². The van der Waals surface area contributed by atoms with Crippen LogP contribution in [0, 0.1) is 34.6 Å². The maximum Gasteiger partial charge on any atom is 0.223 e. The summed E-state index contributed by atoms with van der Waals surface area (Å²) < 4.78 is 1.96. The van der Waals surface area contributed by atoms with Gasteiger partial charge < -0.3 is 4.90 Å². The first-order chi connectivity index (χ1) is 16.3. The first-order valence-corrected chi connectivity index (χ1v) is 12.1. The van der Waals surface area contributed by atoms with Crippen molar-refractivity contribution >= 4 is 16.9 Å². The summed E-state index contributed by atoms with van der Waals surface area (Å²) in [5.41, 5.74) is 11.4. The molecule has 0 atom stereocenters. The second-order valence-electron chi connectivity index (χ2n) is 9.60. The lowest BCUT2D eigenvalue weighted by Crippen LogP contribution is -2.36. The van der Waals surface area contributed by atoms with Crippen LogP contribution in [0.25, 0.3) is 16.7 Å². The molecule has 1 aliphatic heterocycles. The zero-order valence-corrected chi connectivity index (χ0v) is 20.8.